The molecule has 4 aromatic rings. The second-order valence-electron chi connectivity index (χ2n) is 12.0. The third-order valence-electron chi connectivity index (χ3n) is 7.94. The number of nitrogens with one attached hydrogen (secondary N) is 2. The molecule has 7 nitrogen and oxygen atoms in total. The van der Waals surface area contributed by atoms with Crippen LogP contribution in [0.2, 0.25) is 0 Å². The van der Waals surface area contributed by atoms with E-state index >= 15 is 0 Å². The van der Waals surface area contributed by atoms with Gasteiger partial charge in [-0.05, 0) is 67.9 Å². The Labute approximate surface area is 248 Å². The van der Waals surface area contributed by atoms with Crippen LogP contribution in [0, 0.1) is 0 Å². The van der Waals surface area contributed by atoms with Gasteiger partial charge in [0.05, 0.1) is 23.6 Å². The number of hydrogen-bond donors (Lipinski definition) is 2. The highest BCUT2D eigenvalue weighted by molar-refractivity contribution is 7.89. The lowest BCUT2D eigenvalue weighted by Crippen LogP contribution is -2.37. The van der Waals surface area contributed by atoms with Crippen LogP contribution in [0.4, 0.5) is 0 Å². The normalized spacial score (nSPS) is 16.1. The number of hydrogen-bond acceptors (Lipinski definition) is 5. The van der Waals surface area contributed by atoms with Crippen LogP contribution in [0.3, 0.4) is 0 Å². The summed E-state index contributed by atoms with van der Waals surface area (Å²) in [6.07, 6.45) is 0.594. The number of amides is 1. The summed E-state index contributed by atoms with van der Waals surface area (Å²) in [7, 11) is -1.81. The predicted molar refractivity (Wildman–Crippen MR) is 167 cm³/mol. The Bertz CT molecular complexity index is 1670. The molecular formula is C34H39N3O4S. The predicted octanol–water partition coefficient (Wildman–Crippen LogP) is 6.12. The molecule has 4 aromatic carbocycles. The first-order chi connectivity index (χ1) is 20.0. The van der Waals surface area contributed by atoms with Gasteiger partial charge in [0, 0.05) is 30.5 Å². The minimum Gasteiger partial charge on any atom is -0.493 e. The molecule has 220 valence electrons. The molecule has 0 saturated carbocycles. The number of sulfonamides is 1. The molecule has 2 N–H and O–H groups in total. The lowest BCUT2D eigenvalue weighted by atomic mass is 9.97. The maximum absolute atomic E-state index is 13.5. The van der Waals surface area contributed by atoms with Crippen molar-refractivity contribution in [2.45, 2.75) is 62.7 Å². The highest BCUT2D eigenvalue weighted by atomic mass is 32.2. The van der Waals surface area contributed by atoms with Gasteiger partial charge in [0.2, 0.25) is 15.9 Å². The van der Waals surface area contributed by atoms with Crippen molar-refractivity contribution >= 4 is 26.7 Å². The molecule has 42 heavy (non-hydrogen) atoms. The van der Waals surface area contributed by atoms with Gasteiger partial charge < -0.3 is 10.1 Å². The van der Waals surface area contributed by atoms with Gasteiger partial charge in [-0.1, -0.05) is 72.8 Å². The van der Waals surface area contributed by atoms with Crippen molar-refractivity contribution < 1.29 is 17.9 Å². The second-order valence-corrected chi connectivity index (χ2v) is 13.7. The zero-order valence-electron chi connectivity index (χ0n) is 24.6. The Balaban J connectivity index is 1.32. The summed E-state index contributed by atoms with van der Waals surface area (Å²) in [4.78, 5) is 15.9. The molecule has 1 aliphatic heterocycles. The van der Waals surface area contributed by atoms with E-state index in [1.807, 2.05) is 60.7 Å². The Morgan fingerprint density at radius 3 is 2.40 bits per heavy atom. The van der Waals surface area contributed by atoms with Crippen molar-refractivity contribution in [1.29, 1.82) is 0 Å². The Morgan fingerprint density at radius 2 is 1.67 bits per heavy atom. The van der Waals surface area contributed by atoms with Crippen molar-refractivity contribution in [1.82, 2.24) is 14.9 Å². The van der Waals surface area contributed by atoms with Gasteiger partial charge in [-0.15, -0.1) is 0 Å². The lowest BCUT2D eigenvalue weighted by molar-refractivity contribution is -0.122. The zero-order chi connectivity index (χ0) is 29.9. The van der Waals surface area contributed by atoms with Crippen molar-refractivity contribution in [2.24, 2.45) is 0 Å². The number of benzene rings is 4. The smallest absolute Gasteiger partial charge is 0.241 e. The fraction of sp³-hybridized carbons (Fsp3) is 0.324. The zero-order valence-corrected chi connectivity index (χ0v) is 25.4. The Hall–Kier alpha value is -3.72. The largest absolute Gasteiger partial charge is 0.493 e. The van der Waals surface area contributed by atoms with Crippen LogP contribution in [0.25, 0.3) is 10.8 Å². The van der Waals surface area contributed by atoms with E-state index in [-0.39, 0.29) is 28.8 Å². The molecule has 2 atom stereocenters. The molecule has 1 heterocycles. The third kappa shape index (κ3) is 7.01. The third-order valence-corrected chi connectivity index (χ3v) is 9.41. The summed E-state index contributed by atoms with van der Waals surface area (Å²) in [5, 5.41) is 4.94. The SMILES string of the molecule is CN(Cc1ccc2c(c1)OCCC2NC(=O)CC(NS(=O)(=O)c1ccc2ccccc2c1)c1ccccc1)C(C)(C)C. The van der Waals surface area contributed by atoms with Gasteiger partial charge in [0.15, 0.2) is 0 Å². The summed E-state index contributed by atoms with van der Waals surface area (Å²) in [6, 6.07) is 27.1. The number of rotatable bonds is 9. The number of carbonyl (C=O) groups is 1. The molecule has 0 saturated heterocycles. The van der Waals surface area contributed by atoms with E-state index < -0.39 is 16.1 Å². The molecule has 0 fully saturated rings. The maximum Gasteiger partial charge on any atom is 0.241 e. The van der Waals surface area contributed by atoms with Crippen molar-refractivity contribution in [3.63, 3.8) is 0 Å². The second kappa shape index (κ2) is 12.3. The molecule has 5 rings (SSSR count). The van der Waals surface area contributed by atoms with Crippen LogP contribution in [0.15, 0.2) is 95.9 Å². The van der Waals surface area contributed by atoms with E-state index in [0.717, 1.165) is 39.8 Å². The van der Waals surface area contributed by atoms with Crippen LogP contribution < -0.4 is 14.8 Å². The van der Waals surface area contributed by atoms with Crippen molar-refractivity contribution in [2.75, 3.05) is 13.7 Å². The van der Waals surface area contributed by atoms with Gasteiger partial charge in [-0.25, -0.2) is 13.1 Å². The van der Waals surface area contributed by atoms with Crippen LogP contribution in [-0.4, -0.2) is 38.4 Å². The maximum atomic E-state index is 13.5. The Kier molecular flexibility index (Phi) is 8.68. The quantitative estimate of drug-likeness (QED) is 0.247. The summed E-state index contributed by atoms with van der Waals surface area (Å²) in [5.74, 6) is 0.544. The molecular weight excluding hydrogens is 546 g/mol. The molecule has 0 radical (unpaired) electrons. The average molecular weight is 586 g/mol. The van der Waals surface area contributed by atoms with Crippen molar-refractivity contribution in [3.8, 4) is 5.75 Å². The van der Waals surface area contributed by atoms with Crippen molar-refractivity contribution in [3.05, 3.63) is 108 Å². The first-order valence-corrected chi connectivity index (χ1v) is 15.8. The van der Waals surface area contributed by atoms with E-state index in [4.69, 9.17) is 4.74 Å². The molecule has 0 aromatic heterocycles. The van der Waals surface area contributed by atoms with Crippen LogP contribution in [0.1, 0.15) is 62.4 Å². The number of fused-ring (bicyclic) bond motifs is 2. The first kappa shape index (κ1) is 29.8. The average Bonchev–Trinajstić information content (AvgIpc) is 2.96. The van der Waals surface area contributed by atoms with E-state index in [1.54, 1.807) is 18.2 Å². The fourth-order valence-corrected chi connectivity index (χ4v) is 6.39. The minimum absolute atomic E-state index is 0.0401. The summed E-state index contributed by atoms with van der Waals surface area (Å²) in [5.41, 5.74) is 2.84. The van der Waals surface area contributed by atoms with Gasteiger partial charge in [-0.3, -0.25) is 9.69 Å². The van der Waals surface area contributed by atoms with E-state index in [9.17, 15) is 13.2 Å². The van der Waals surface area contributed by atoms with Crippen LogP contribution in [-0.2, 0) is 21.4 Å². The molecule has 1 amide bonds. The monoisotopic (exact) mass is 585 g/mol. The molecule has 1 aliphatic rings. The topological polar surface area (TPSA) is 87.7 Å². The molecule has 0 aliphatic carbocycles. The highest BCUT2D eigenvalue weighted by Gasteiger charge is 2.28. The number of carbonyl (C=O) groups excluding carboxylic acids is 1. The summed E-state index contributed by atoms with van der Waals surface area (Å²) in [6.45, 7) is 7.81. The van der Waals surface area contributed by atoms with Gasteiger partial charge in [0.25, 0.3) is 0 Å². The van der Waals surface area contributed by atoms with E-state index in [0.29, 0.717) is 13.0 Å². The Morgan fingerprint density at radius 1 is 0.952 bits per heavy atom. The lowest BCUT2D eigenvalue weighted by Gasteiger charge is -2.32. The van der Waals surface area contributed by atoms with Crippen LogP contribution in [0.5, 0.6) is 5.75 Å². The molecule has 0 bridgehead atoms. The van der Waals surface area contributed by atoms with E-state index in [1.165, 1.54) is 0 Å². The highest BCUT2D eigenvalue weighted by Crippen LogP contribution is 2.34. The van der Waals surface area contributed by atoms with Gasteiger partial charge >= 0.3 is 0 Å². The summed E-state index contributed by atoms with van der Waals surface area (Å²) >= 11 is 0. The van der Waals surface area contributed by atoms with E-state index in [2.05, 4.69) is 54.9 Å². The van der Waals surface area contributed by atoms with Gasteiger partial charge in [-0.2, -0.15) is 0 Å². The standard InChI is InChI=1S/C34H39N3O4S/c1-34(2,3)37(4)23-24-14-17-29-30(18-19-41-32(29)20-24)35-33(38)22-31(26-11-6-5-7-12-26)36-42(39,40)28-16-15-25-10-8-9-13-27(25)21-28/h5-17,20-21,30-31,36H,18-19,22-23H2,1-4H3,(H,35,38). The van der Waals surface area contributed by atoms with Crippen LogP contribution >= 0.6 is 0 Å². The fourth-order valence-electron chi connectivity index (χ4n) is 5.13. The summed E-state index contributed by atoms with van der Waals surface area (Å²) < 4.78 is 35.8. The number of nitrogens with zero attached hydrogens (tertiary/aromatic N) is 1. The number of ether oxygens (including phenoxy) is 1. The first-order valence-electron chi connectivity index (χ1n) is 14.3. The minimum atomic E-state index is -3.91. The molecule has 8 heteroatoms. The molecule has 0 spiro atoms. The van der Waals surface area contributed by atoms with Gasteiger partial charge in [0.1, 0.15) is 5.75 Å². The molecule has 2 unspecified atom stereocenters.